The zero-order chi connectivity index (χ0) is 27.6. The van der Waals surface area contributed by atoms with Crippen molar-refractivity contribution in [2.45, 2.75) is 40.2 Å². The van der Waals surface area contributed by atoms with Gasteiger partial charge in [-0.25, -0.2) is 0 Å². The average Bonchev–Trinajstić information content (AvgIpc) is 3.47. The molecule has 2 heterocycles. The van der Waals surface area contributed by atoms with Gasteiger partial charge in [0.25, 0.3) is 11.8 Å². The molecule has 0 spiro atoms. The number of carbonyl (C=O) groups excluding carboxylic acids is 3. The van der Waals surface area contributed by atoms with E-state index in [9.17, 15) is 14.4 Å². The minimum atomic E-state index is -1.04. The van der Waals surface area contributed by atoms with E-state index in [2.05, 4.69) is 28.5 Å². The van der Waals surface area contributed by atoms with Crippen molar-refractivity contribution < 1.29 is 14.4 Å². The lowest BCUT2D eigenvalue weighted by molar-refractivity contribution is -0.122. The number of amides is 3. The summed E-state index contributed by atoms with van der Waals surface area (Å²) in [7, 11) is 0. The van der Waals surface area contributed by atoms with Crippen molar-refractivity contribution >= 4 is 51.5 Å². The third-order valence-corrected chi connectivity index (χ3v) is 7.50. The summed E-state index contributed by atoms with van der Waals surface area (Å²) in [5, 5.41) is 3.85. The van der Waals surface area contributed by atoms with E-state index in [4.69, 9.17) is 11.5 Å². The molecule has 1 atom stereocenters. The first kappa shape index (κ1) is 26.9. The van der Waals surface area contributed by atoms with E-state index in [0.717, 1.165) is 40.0 Å². The number of anilines is 2. The second kappa shape index (κ2) is 11.1. The molecule has 0 unspecified atom stereocenters. The van der Waals surface area contributed by atoms with Crippen molar-refractivity contribution in [2.75, 3.05) is 17.2 Å². The van der Waals surface area contributed by atoms with Gasteiger partial charge in [0, 0.05) is 34.9 Å². The van der Waals surface area contributed by atoms with Crippen molar-refractivity contribution in [1.29, 1.82) is 0 Å². The SMILES string of the molecule is Cc1cccc(N(C(=O)c2snc(C(N)=O)c2N)[C@@H](C(=O)NCCC(C)C)c2c[nH]c3ccccc23)c1C. The summed E-state index contributed by atoms with van der Waals surface area (Å²) in [6.45, 7) is 8.46. The number of H-pyrrole nitrogens is 1. The fraction of sp³-hybridized carbons (Fsp3) is 0.286. The number of nitrogens with one attached hydrogen (secondary N) is 2. The predicted molar refractivity (Wildman–Crippen MR) is 151 cm³/mol. The molecule has 10 heteroatoms. The van der Waals surface area contributed by atoms with Gasteiger partial charge in [-0.05, 0) is 61.0 Å². The zero-order valence-electron chi connectivity index (χ0n) is 21.9. The topological polar surface area (TPSA) is 147 Å². The molecule has 3 amide bonds. The van der Waals surface area contributed by atoms with Gasteiger partial charge in [-0.2, -0.15) is 4.37 Å². The third-order valence-electron chi connectivity index (χ3n) is 6.65. The van der Waals surface area contributed by atoms with Crippen LogP contribution in [0.4, 0.5) is 11.4 Å². The summed E-state index contributed by atoms with van der Waals surface area (Å²) >= 11 is 0.791. The molecule has 4 rings (SSSR count). The number of nitrogens with two attached hydrogens (primary N) is 2. The molecule has 0 aliphatic rings. The van der Waals surface area contributed by atoms with Gasteiger partial charge in [-0.3, -0.25) is 19.3 Å². The summed E-state index contributed by atoms with van der Waals surface area (Å²) < 4.78 is 4.03. The van der Waals surface area contributed by atoms with Crippen molar-refractivity contribution in [2.24, 2.45) is 11.7 Å². The van der Waals surface area contributed by atoms with Gasteiger partial charge in [0.15, 0.2) is 5.69 Å². The molecule has 38 heavy (non-hydrogen) atoms. The van der Waals surface area contributed by atoms with E-state index in [1.807, 2.05) is 50.2 Å². The maximum absolute atomic E-state index is 14.3. The largest absolute Gasteiger partial charge is 0.395 e. The molecule has 0 aliphatic carbocycles. The van der Waals surface area contributed by atoms with Crippen LogP contribution in [-0.2, 0) is 4.79 Å². The Morgan fingerprint density at radius 1 is 1.11 bits per heavy atom. The lowest BCUT2D eigenvalue weighted by Gasteiger charge is -2.32. The number of aromatic amines is 1. The minimum Gasteiger partial charge on any atom is -0.395 e. The molecular weight excluding hydrogens is 500 g/mol. The molecule has 6 N–H and O–H groups in total. The first-order valence-electron chi connectivity index (χ1n) is 12.4. The van der Waals surface area contributed by atoms with Gasteiger partial charge in [0.1, 0.15) is 10.9 Å². The van der Waals surface area contributed by atoms with Crippen molar-refractivity contribution in [3.63, 3.8) is 0 Å². The van der Waals surface area contributed by atoms with Gasteiger partial charge in [0.05, 0.1) is 5.69 Å². The van der Waals surface area contributed by atoms with Crippen LogP contribution in [0.15, 0.2) is 48.7 Å². The van der Waals surface area contributed by atoms with Crippen LogP contribution in [0.5, 0.6) is 0 Å². The van der Waals surface area contributed by atoms with Gasteiger partial charge in [0.2, 0.25) is 5.91 Å². The number of nitrogen functional groups attached to an aromatic ring is 1. The Kier molecular flexibility index (Phi) is 7.82. The Balaban J connectivity index is 1.94. The maximum Gasteiger partial charge on any atom is 0.273 e. The first-order chi connectivity index (χ1) is 18.1. The van der Waals surface area contributed by atoms with Crippen LogP contribution in [0.25, 0.3) is 10.9 Å². The highest BCUT2D eigenvalue weighted by Gasteiger charge is 2.38. The van der Waals surface area contributed by atoms with Crippen LogP contribution in [0.2, 0.25) is 0 Å². The average molecular weight is 533 g/mol. The van der Waals surface area contributed by atoms with E-state index in [1.54, 1.807) is 12.3 Å². The number of nitrogens with zero attached hydrogens (tertiary/aromatic N) is 2. The highest BCUT2D eigenvalue weighted by Crippen LogP contribution is 2.37. The number of rotatable bonds is 9. The predicted octanol–water partition coefficient (Wildman–Crippen LogP) is 4.47. The molecular formula is C28H32N6O3S. The Labute approximate surface area is 225 Å². The van der Waals surface area contributed by atoms with Crippen molar-refractivity contribution in [3.05, 3.63) is 75.9 Å². The van der Waals surface area contributed by atoms with Crippen LogP contribution in [0.3, 0.4) is 0 Å². The quantitative estimate of drug-likeness (QED) is 0.251. The van der Waals surface area contributed by atoms with Crippen LogP contribution in [0, 0.1) is 19.8 Å². The van der Waals surface area contributed by atoms with Crippen molar-refractivity contribution in [3.8, 4) is 0 Å². The molecule has 0 aliphatic heterocycles. The van der Waals surface area contributed by atoms with Crippen LogP contribution in [0.1, 0.15) is 63.2 Å². The molecule has 0 radical (unpaired) electrons. The minimum absolute atomic E-state index is 0.0412. The van der Waals surface area contributed by atoms with E-state index in [0.29, 0.717) is 23.7 Å². The Morgan fingerprint density at radius 3 is 2.53 bits per heavy atom. The third kappa shape index (κ3) is 5.12. The first-order valence-corrected chi connectivity index (χ1v) is 13.2. The number of carbonyl (C=O) groups is 3. The smallest absolute Gasteiger partial charge is 0.273 e. The molecule has 4 aromatic rings. The van der Waals surface area contributed by atoms with E-state index in [-0.39, 0.29) is 22.2 Å². The van der Waals surface area contributed by atoms with Gasteiger partial charge >= 0.3 is 0 Å². The summed E-state index contributed by atoms with van der Waals surface area (Å²) in [6, 6.07) is 12.2. The highest BCUT2D eigenvalue weighted by molar-refractivity contribution is 7.09. The fourth-order valence-electron chi connectivity index (χ4n) is 4.40. The summed E-state index contributed by atoms with van der Waals surface area (Å²) in [4.78, 5) is 44.8. The number of fused-ring (bicyclic) bond motifs is 1. The summed E-state index contributed by atoms with van der Waals surface area (Å²) in [5.41, 5.74) is 15.1. The number of benzene rings is 2. The molecule has 2 aromatic carbocycles. The highest BCUT2D eigenvalue weighted by atomic mass is 32.1. The normalized spacial score (nSPS) is 12.0. The second-order valence-corrected chi connectivity index (χ2v) is 10.5. The molecule has 0 bridgehead atoms. The maximum atomic E-state index is 14.3. The number of hydrogen-bond donors (Lipinski definition) is 4. The molecule has 0 fully saturated rings. The molecule has 2 aromatic heterocycles. The number of primary amides is 1. The van der Waals surface area contributed by atoms with E-state index >= 15 is 0 Å². The summed E-state index contributed by atoms with van der Waals surface area (Å²) in [5.74, 6) is -1.31. The monoisotopic (exact) mass is 532 g/mol. The van der Waals surface area contributed by atoms with E-state index in [1.165, 1.54) is 4.90 Å². The Morgan fingerprint density at radius 2 is 1.84 bits per heavy atom. The molecule has 0 saturated heterocycles. The fourth-order valence-corrected chi connectivity index (χ4v) is 5.14. The van der Waals surface area contributed by atoms with Crippen LogP contribution >= 0.6 is 11.5 Å². The number of hydrogen-bond acceptors (Lipinski definition) is 6. The summed E-state index contributed by atoms with van der Waals surface area (Å²) in [6.07, 6.45) is 2.54. The second-order valence-electron chi connectivity index (χ2n) is 9.70. The number of aryl methyl sites for hydroxylation is 1. The number of para-hydroxylation sites is 1. The lowest BCUT2D eigenvalue weighted by Crippen LogP contribution is -2.44. The standard InChI is InChI=1S/C28H32N6O3S/c1-15(2)12-13-31-27(36)24(19-14-32-20-10-6-5-9-18(19)20)34(21-11-7-8-16(3)17(21)4)28(37)25-22(29)23(26(30)35)33-38-25/h5-11,14-15,24,32H,12-13,29H2,1-4H3,(H2,30,35)(H,31,36)/t24-/m1/s1. The molecule has 9 nitrogen and oxygen atoms in total. The van der Waals surface area contributed by atoms with Gasteiger partial charge in [-0.15, -0.1) is 0 Å². The van der Waals surface area contributed by atoms with Gasteiger partial charge < -0.3 is 21.8 Å². The Hall–Kier alpha value is -4.18. The van der Waals surface area contributed by atoms with Crippen LogP contribution in [-0.4, -0.2) is 33.6 Å². The lowest BCUT2D eigenvalue weighted by atomic mass is 9.99. The zero-order valence-corrected chi connectivity index (χ0v) is 22.7. The molecule has 198 valence electrons. The van der Waals surface area contributed by atoms with Crippen molar-refractivity contribution in [1.82, 2.24) is 14.7 Å². The van der Waals surface area contributed by atoms with Crippen LogP contribution < -0.4 is 21.7 Å². The van der Waals surface area contributed by atoms with E-state index < -0.39 is 17.9 Å². The Bertz CT molecular complexity index is 1510. The molecule has 0 saturated carbocycles. The van der Waals surface area contributed by atoms with Gasteiger partial charge in [-0.1, -0.05) is 44.2 Å². The number of aromatic nitrogens is 2.